The summed E-state index contributed by atoms with van der Waals surface area (Å²) in [4.78, 5) is 4.94. The molecule has 0 saturated carbocycles. The molecule has 2 nitrogen and oxygen atoms in total. The Balaban J connectivity index is 1.48. The fourth-order valence-corrected chi connectivity index (χ4v) is 4.47. The van der Waals surface area contributed by atoms with Crippen LogP contribution in [0, 0.1) is 12.3 Å². The van der Waals surface area contributed by atoms with Gasteiger partial charge in [-0.15, -0.1) is 0 Å². The first kappa shape index (κ1) is 15.7. The van der Waals surface area contributed by atoms with Crippen molar-refractivity contribution in [3.63, 3.8) is 0 Å². The van der Waals surface area contributed by atoms with E-state index in [4.69, 9.17) is 0 Å². The summed E-state index contributed by atoms with van der Waals surface area (Å²) in [5.74, 6) is 0. The van der Waals surface area contributed by atoms with Crippen LogP contribution >= 0.6 is 0 Å². The summed E-state index contributed by atoms with van der Waals surface area (Å²) in [6, 6.07) is 18.2. The van der Waals surface area contributed by atoms with Crippen LogP contribution in [-0.4, -0.2) is 38.1 Å². The Morgan fingerprint density at radius 3 is 1.79 bits per heavy atom. The average molecular weight is 320 g/mol. The van der Waals surface area contributed by atoms with E-state index in [-0.39, 0.29) is 5.41 Å². The Labute approximate surface area is 146 Å². The van der Waals surface area contributed by atoms with E-state index in [1.54, 1.807) is 0 Å². The second kappa shape index (κ2) is 5.35. The maximum atomic E-state index is 2.52. The van der Waals surface area contributed by atoms with Gasteiger partial charge in [0.15, 0.2) is 0 Å². The molecule has 0 radical (unpaired) electrons. The molecule has 2 fully saturated rings. The highest BCUT2D eigenvalue weighted by Gasteiger charge is 2.50. The molecular weight excluding hydrogens is 292 g/mol. The molecule has 2 heteroatoms. The number of hydrogen-bond donors (Lipinski definition) is 0. The number of aryl methyl sites for hydroxylation is 1. The predicted molar refractivity (Wildman–Crippen MR) is 102 cm³/mol. The molecule has 126 valence electrons. The van der Waals surface area contributed by atoms with E-state index in [9.17, 15) is 0 Å². The van der Waals surface area contributed by atoms with Gasteiger partial charge in [-0.05, 0) is 37.2 Å². The van der Waals surface area contributed by atoms with E-state index in [1.165, 1.54) is 48.6 Å². The smallest absolute Gasteiger partial charge is 0.0366 e. The molecule has 24 heavy (non-hydrogen) atoms. The van der Waals surface area contributed by atoms with Crippen molar-refractivity contribution in [2.45, 2.75) is 26.2 Å². The highest BCUT2D eigenvalue weighted by atomic mass is 15.3. The van der Waals surface area contributed by atoms with Gasteiger partial charge in [0.2, 0.25) is 0 Å². The third-order valence-corrected chi connectivity index (χ3v) is 5.99. The molecule has 4 rings (SSSR count). The number of benzene rings is 2. The van der Waals surface area contributed by atoms with Crippen LogP contribution in [0.4, 0.5) is 5.69 Å². The van der Waals surface area contributed by atoms with Gasteiger partial charge in [0, 0.05) is 42.7 Å². The Bertz CT molecular complexity index is 714. The Morgan fingerprint density at radius 2 is 1.29 bits per heavy atom. The van der Waals surface area contributed by atoms with E-state index in [2.05, 4.69) is 86.1 Å². The highest BCUT2D eigenvalue weighted by Crippen LogP contribution is 2.41. The van der Waals surface area contributed by atoms with Crippen LogP contribution in [-0.2, 0) is 5.41 Å². The third-order valence-electron chi connectivity index (χ3n) is 5.99. The number of likely N-dealkylation sites (tertiary alicyclic amines) is 1. The van der Waals surface area contributed by atoms with Crippen LogP contribution in [0.5, 0.6) is 0 Å². The molecule has 2 aromatic rings. The minimum absolute atomic E-state index is 0.0408. The monoisotopic (exact) mass is 320 g/mol. The molecule has 0 N–H and O–H groups in total. The van der Waals surface area contributed by atoms with Crippen LogP contribution in [0.1, 0.15) is 30.5 Å². The molecular formula is C22H28N2. The molecule has 0 aromatic heterocycles. The zero-order valence-electron chi connectivity index (χ0n) is 15.3. The van der Waals surface area contributed by atoms with Gasteiger partial charge in [-0.1, -0.05) is 55.8 Å². The van der Waals surface area contributed by atoms with Gasteiger partial charge < -0.3 is 9.80 Å². The fraction of sp³-hybridized carbons (Fsp3) is 0.455. The fourth-order valence-electron chi connectivity index (χ4n) is 4.47. The molecule has 0 amide bonds. The lowest BCUT2D eigenvalue weighted by molar-refractivity contribution is -0.00239. The maximum absolute atomic E-state index is 2.52. The standard InChI is InChI=1S/C22H28N2/c1-17-5-7-18(8-6-17)21(2,3)19-9-11-20(12-10-19)24-15-22(16-24)13-23(4)14-22/h5-12H,13-16H2,1-4H3. The Morgan fingerprint density at radius 1 is 0.792 bits per heavy atom. The minimum atomic E-state index is 0.0408. The summed E-state index contributed by atoms with van der Waals surface area (Å²) in [6.07, 6.45) is 0. The summed E-state index contributed by atoms with van der Waals surface area (Å²) in [6.45, 7) is 11.7. The van der Waals surface area contributed by atoms with Crippen LogP contribution < -0.4 is 4.90 Å². The summed E-state index contributed by atoms with van der Waals surface area (Å²) < 4.78 is 0. The number of rotatable bonds is 3. The molecule has 0 bridgehead atoms. The highest BCUT2D eigenvalue weighted by molar-refractivity contribution is 5.53. The molecule has 2 aliphatic heterocycles. The van der Waals surface area contributed by atoms with Crippen LogP contribution in [0.2, 0.25) is 0 Å². The first-order chi connectivity index (χ1) is 11.4. The largest absolute Gasteiger partial charge is 0.370 e. The summed E-state index contributed by atoms with van der Waals surface area (Å²) in [5, 5.41) is 0. The first-order valence-electron chi connectivity index (χ1n) is 8.99. The van der Waals surface area contributed by atoms with Crippen molar-refractivity contribution in [3.05, 3.63) is 65.2 Å². The molecule has 0 atom stereocenters. The molecule has 2 heterocycles. The maximum Gasteiger partial charge on any atom is 0.0366 e. The topological polar surface area (TPSA) is 6.48 Å². The van der Waals surface area contributed by atoms with Crippen LogP contribution in [0.25, 0.3) is 0 Å². The SMILES string of the molecule is Cc1ccc(C(C)(C)c2ccc(N3CC4(CN(C)C4)C3)cc2)cc1. The quantitative estimate of drug-likeness (QED) is 0.841. The van der Waals surface area contributed by atoms with Gasteiger partial charge in [-0.25, -0.2) is 0 Å². The summed E-state index contributed by atoms with van der Waals surface area (Å²) >= 11 is 0. The van der Waals surface area contributed by atoms with Gasteiger partial charge in [0.05, 0.1) is 0 Å². The van der Waals surface area contributed by atoms with E-state index in [1.807, 2.05) is 0 Å². The molecule has 0 aliphatic carbocycles. The zero-order chi connectivity index (χ0) is 16.9. The summed E-state index contributed by atoms with van der Waals surface area (Å²) in [5.41, 5.74) is 6.08. The van der Waals surface area contributed by atoms with Crippen molar-refractivity contribution in [2.24, 2.45) is 5.41 Å². The van der Waals surface area contributed by atoms with E-state index in [0.29, 0.717) is 5.41 Å². The lowest BCUT2D eigenvalue weighted by atomic mass is 9.73. The zero-order valence-corrected chi connectivity index (χ0v) is 15.3. The number of anilines is 1. The molecule has 1 spiro atoms. The molecule has 2 aliphatic rings. The van der Waals surface area contributed by atoms with Crippen molar-refractivity contribution >= 4 is 5.69 Å². The summed E-state index contributed by atoms with van der Waals surface area (Å²) in [7, 11) is 2.22. The second-order valence-electron chi connectivity index (χ2n) is 8.57. The van der Waals surface area contributed by atoms with Gasteiger partial charge in [-0.2, -0.15) is 0 Å². The van der Waals surface area contributed by atoms with Gasteiger partial charge in [-0.3, -0.25) is 0 Å². The lowest BCUT2D eigenvalue weighted by Crippen LogP contribution is -2.71. The van der Waals surface area contributed by atoms with Crippen LogP contribution in [0.3, 0.4) is 0 Å². The van der Waals surface area contributed by atoms with Crippen molar-refractivity contribution < 1.29 is 0 Å². The van der Waals surface area contributed by atoms with E-state index < -0.39 is 0 Å². The lowest BCUT2D eigenvalue weighted by Gasteiger charge is -2.60. The minimum Gasteiger partial charge on any atom is -0.370 e. The molecule has 2 saturated heterocycles. The first-order valence-corrected chi connectivity index (χ1v) is 8.99. The van der Waals surface area contributed by atoms with Gasteiger partial charge >= 0.3 is 0 Å². The molecule has 2 aromatic carbocycles. The Hall–Kier alpha value is -1.80. The van der Waals surface area contributed by atoms with Crippen molar-refractivity contribution in [1.82, 2.24) is 4.90 Å². The predicted octanol–water partition coefficient (Wildman–Crippen LogP) is 4.07. The van der Waals surface area contributed by atoms with E-state index >= 15 is 0 Å². The number of nitrogens with zero attached hydrogens (tertiary/aromatic N) is 2. The Kier molecular flexibility index (Phi) is 3.50. The normalized spacial score (nSPS) is 19.9. The van der Waals surface area contributed by atoms with Gasteiger partial charge in [0.1, 0.15) is 0 Å². The second-order valence-corrected chi connectivity index (χ2v) is 8.57. The van der Waals surface area contributed by atoms with Crippen molar-refractivity contribution in [1.29, 1.82) is 0 Å². The van der Waals surface area contributed by atoms with Crippen molar-refractivity contribution in [3.8, 4) is 0 Å². The van der Waals surface area contributed by atoms with Gasteiger partial charge in [0.25, 0.3) is 0 Å². The average Bonchev–Trinajstić information content (AvgIpc) is 2.50. The van der Waals surface area contributed by atoms with Crippen molar-refractivity contribution in [2.75, 3.05) is 38.1 Å². The number of hydrogen-bond acceptors (Lipinski definition) is 2. The molecule has 0 unspecified atom stereocenters. The third kappa shape index (κ3) is 2.53. The van der Waals surface area contributed by atoms with Crippen LogP contribution in [0.15, 0.2) is 48.5 Å². The van der Waals surface area contributed by atoms with E-state index in [0.717, 1.165) is 0 Å².